The van der Waals surface area contributed by atoms with Crippen LogP contribution in [0.2, 0.25) is 0 Å². The summed E-state index contributed by atoms with van der Waals surface area (Å²) in [7, 11) is 3.73. The largest absolute Gasteiger partial charge is 0.371 e. The van der Waals surface area contributed by atoms with E-state index in [4.69, 9.17) is 1.37 Å². The highest BCUT2D eigenvalue weighted by Gasteiger charge is 2.23. The van der Waals surface area contributed by atoms with Gasteiger partial charge in [0.05, 0.1) is 23.8 Å². The van der Waals surface area contributed by atoms with Crippen molar-refractivity contribution >= 4 is 27.5 Å². The first-order valence-corrected chi connectivity index (χ1v) is 10.2. The molecule has 29 heavy (non-hydrogen) atoms. The maximum Gasteiger partial charge on any atom is 0.252 e. The first kappa shape index (κ1) is 16.8. The van der Waals surface area contributed by atoms with Gasteiger partial charge in [0, 0.05) is 44.0 Å². The molecule has 0 amide bonds. The fourth-order valence-corrected chi connectivity index (χ4v) is 4.73. The van der Waals surface area contributed by atoms with Gasteiger partial charge < -0.3 is 9.47 Å². The highest BCUT2D eigenvalue weighted by Crippen LogP contribution is 2.34. The van der Waals surface area contributed by atoms with Gasteiger partial charge in [0.25, 0.3) is 5.56 Å². The molecular weight excluding hydrogens is 360 g/mol. The molecule has 2 aromatic heterocycles. The molecule has 0 aliphatic carbocycles. The maximum atomic E-state index is 12.6. The van der Waals surface area contributed by atoms with Crippen molar-refractivity contribution in [3.63, 3.8) is 0 Å². The molecule has 0 bridgehead atoms. The molecule has 0 saturated carbocycles. The number of piperidine rings is 1. The summed E-state index contributed by atoms with van der Waals surface area (Å²) in [5, 5.41) is 6.75. The van der Waals surface area contributed by atoms with Crippen LogP contribution in [0.1, 0.15) is 31.4 Å². The van der Waals surface area contributed by atoms with Crippen LogP contribution in [0.4, 0.5) is 5.69 Å². The van der Waals surface area contributed by atoms with E-state index >= 15 is 0 Å². The minimum absolute atomic E-state index is 0.0991. The van der Waals surface area contributed by atoms with Gasteiger partial charge in [-0.3, -0.25) is 9.48 Å². The molecule has 2 aromatic carbocycles. The number of para-hydroxylation sites is 1. The Hall–Kier alpha value is -3.08. The normalized spacial score (nSPS) is 16.0. The van der Waals surface area contributed by atoms with E-state index in [0.717, 1.165) is 48.2 Å². The summed E-state index contributed by atoms with van der Waals surface area (Å²) in [6.45, 7) is 3.75. The summed E-state index contributed by atoms with van der Waals surface area (Å²) in [4.78, 5) is 14.9. The van der Waals surface area contributed by atoms with Crippen molar-refractivity contribution in [1.82, 2.24) is 14.3 Å². The Morgan fingerprint density at radius 3 is 2.59 bits per heavy atom. The average Bonchev–Trinajstić information content (AvgIpc) is 3.06. The number of benzene rings is 2. The van der Waals surface area contributed by atoms with Crippen LogP contribution in [0.5, 0.6) is 0 Å². The lowest BCUT2D eigenvalue weighted by Gasteiger charge is -2.34. The SMILES string of the molecule is [2H]c1c(N2CCC(c3ccc4c(c3)c(C)nn4C)CC2)c2ccccc2n(C)c1=O. The van der Waals surface area contributed by atoms with E-state index in [1.54, 1.807) is 11.6 Å². The third-order valence-electron chi connectivity index (χ3n) is 6.39. The van der Waals surface area contributed by atoms with E-state index in [1.807, 2.05) is 36.0 Å². The molecule has 4 aromatic rings. The van der Waals surface area contributed by atoms with E-state index < -0.39 is 0 Å². The van der Waals surface area contributed by atoms with Crippen molar-refractivity contribution in [2.24, 2.45) is 14.1 Å². The predicted octanol–water partition coefficient (Wildman–Crippen LogP) is 4.12. The van der Waals surface area contributed by atoms with Gasteiger partial charge in [-0.2, -0.15) is 5.10 Å². The Labute approximate surface area is 171 Å². The molecule has 0 spiro atoms. The Bertz CT molecular complexity index is 1330. The summed E-state index contributed by atoms with van der Waals surface area (Å²) in [6.07, 6.45) is 2.02. The second-order valence-corrected chi connectivity index (χ2v) is 8.10. The van der Waals surface area contributed by atoms with Crippen LogP contribution in [-0.4, -0.2) is 27.4 Å². The van der Waals surface area contributed by atoms with Crippen molar-refractivity contribution < 1.29 is 1.37 Å². The molecule has 1 saturated heterocycles. The van der Waals surface area contributed by atoms with Crippen LogP contribution >= 0.6 is 0 Å². The van der Waals surface area contributed by atoms with Crippen LogP contribution in [0.3, 0.4) is 0 Å². The molecule has 148 valence electrons. The first-order chi connectivity index (χ1) is 14.5. The van der Waals surface area contributed by atoms with Crippen molar-refractivity contribution in [2.45, 2.75) is 25.7 Å². The Morgan fingerprint density at radius 1 is 1.03 bits per heavy atom. The molecule has 3 heterocycles. The molecule has 0 unspecified atom stereocenters. The van der Waals surface area contributed by atoms with E-state index in [9.17, 15) is 4.79 Å². The highest BCUT2D eigenvalue weighted by molar-refractivity contribution is 5.92. The lowest BCUT2D eigenvalue weighted by Crippen LogP contribution is -2.34. The van der Waals surface area contributed by atoms with E-state index in [0.29, 0.717) is 5.92 Å². The van der Waals surface area contributed by atoms with Gasteiger partial charge in [0.15, 0.2) is 0 Å². The molecular formula is C24H26N4O. The zero-order valence-corrected chi connectivity index (χ0v) is 17.1. The average molecular weight is 388 g/mol. The predicted molar refractivity (Wildman–Crippen MR) is 119 cm³/mol. The fraction of sp³-hybridized carbons (Fsp3) is 0.333. The molecule has 5 rings (SSSR count). The zero-order chi connectivity index (χ0) is 21.0. The van der Waals surface area contributed by atoms with Crippen molar-refractivity contribution in [1.29, 1.82) is 0 Å². The third kappa shape index (κ3) is 2.92. The van der Waals surface area contributed by atoms with Crippen LogP contribution in [0.25, 0.3) is 21.8 Å². The fourth-order valence-electron chi connectivity index (χ4n) is 4.73. The van der Waals surface area contributed by atoms with Gasteiger partial charge in [-0.15, -0.1) is 0 Å². The van der Waals surface area contributed by atoms with Gasteiger partial charge >= 0.3 is 0 Å². The van der Waals surface area contributed by atoms with Crippen LogP contribution in [0, 0.1) is 6.92 Å². The summed E-state index contributed by atoms with van der Waals surface area (Å²) >= 11 is 0. The maximum absolute atomic E-state index is 12.6. The number of rotatable bonds is 2. The number of hydrogen-bond acceptors (Lipinski definition) is 3. The quantitative estimate of drug-likeness (QED) is 0.520. The van der Waals surface area contributed by atoms with E-state index in [2.05, 4.69) is 35.1 Å². The van der Waals surface area contributed by atoms with Gasteiger partial charge in [0.2, 0.25) is 0 Å². The smallest absolute Gasteiger partial charge is 0.252 e. The molecule has 5 heteroatoms. The van der Waals surface area contributed by atoms with Gasteiger partial charge in [0.1, 0.15) is 0 Å². The van der Waals surface area contributed by atoms with E-state index in [-0.39, 0.29) is 11.6 Å². The molecule has 1 aliphatic rings. The topological polar surface area (TPSA) is 43.1 Å². The number of hydrogen-bond donors (Lipinski definition) is 0. The zero-order valence-electron chi connectivity index (χ0n) is 18.1. The number of aromatic nitrogens is 3. The van der Waals surface area contributed by atoms with Gasteiger partial charge in [-0.05, 0) is 49.4 Å². The minimum Gasteiger partial charge on any atom is -0.371 e. The van der Waals surface area contributed by atoms with Crippen molar-refractivity contribution in [3.05, 3.63) is 70.1 Å². The Kier molecular flexibility index (Phi) is 3.93. The Balaban J connectivity index is 1.46. The number of nitrogens with zero attached hydrogens (tertiary/aromatic N) is 4. The molecule has 5 nitrogen and oxygen atoms in total. The first-order valence-electron chi connectivity index (χ1n) is 10.7. The lowest BCUT2D eigenvalue weighted by atomic mass is 9.88. The molecule has 0 N–H and O–H groups in total. The molecule has 1 fully saturated rings. The van der Waals surface area contributed by atoms with Crippen LogP contribution < -0.4 is 10.5 Å². The lowest BCUT2D eigenvalue weighted by molar-refractivity contribution is 0.506. The minimum atomic E-state index is -0.233. The number of fused-ring (bicyclic) bond motifs is 2. The van der Waals surface area contributed by atoms with Gasteiger partial charge in [-0.25, -0.2) is 0 Å². The van der Waals surface area contributed by atoms with Crippen LogP contribution in [-0.2, 0) is 14.1 Å². The summed E-state index contributed by atoms with van der Waals surface area (Å²) in [5.74, 6) is 0.484. The standard InChI is InChI=1S/C24H26N4O/c1-16-20-14-18(8-9-22(20)27(3)25-16)17-10-12-28(13-11-17)23-15-24(29)26(2)21-7-5-4-6-19(21)23/h4-9,14-15,17H,10-13H2,1-3H3/i15D. The van der Waals surface area contributed by atoms with Crippen molar-refractivity contribution in [3.8, 4) is 0 Å². The molecule has 1 aliphatic heterocycles. The number of pyridine rings is 1. The molecule has 0 radical (unpaired) electrons. The number of aryl methyl sites for hydroxylation is 3. The van der Waals surface area contributed by atoms with Crippen LogP contribution in [0.15, 0.2) is 53.3 Å². The molecule has 0 atom stereocenters. The summed E-state index contributed by atoms with van der Waals surface area (Å²) in [6, 6.07) is 14.7. The highest BCUT2D eigenvalue weighted by atomic mass is 16.1. The summed E-state index contributed by atoms with van der Waals surface area (Å²) in [5.41, 5.74) is 5.02. The van der Waals surface area contributed by atoms with Crippen molar-refractivity contribution in [2.75, 3.05) is 18.0 Å². The summed E-state index contributed by atoms with van der Waals surface area (Å²) < 4.78 is 12.0. The number of anilines is 1. The second kappa shape index (κ2) is 6.76. The van der Waals surface area contributed by atoms with Gasteiger partial charge in [-0.1, -0.05) is 24.3 Å². The van der Waals surface area contributed by atoms with E-state index in [1.165, 1.54) is 16.5 Å². The second-order valence-electron chi connectivity index (χ2n) is 8.10. The third-order valence-corrected chi connectivity index (χ3v) is 6.39. The Morgan fingerprint density at radius 2 is 1.79 bits per heavy atom. The monoisotopic (exact) mass is 387 g/mol.